The van der Waals surface area contributed by atoms with E-state index in [1.807, 2.05) is 24.3 Å². The minimum atomic E-state index is -1.09. The van der Waals surface area contributed by atoms with Crippen LogP contribution in [0, 0.1) is 0 Å². The highest BCUT2D eigenvalue weighted by Crippen LogP contribution is 2.31. The van der Waals surface area contributed by atoms with Crippen LogP contribution < -0.4 is 9.47 Å². The van der Waals surface area contributed by atoms with Gasteiger partial charge in [0.1, 0.15) is 22.6 Å². The lowest BCUT2D eigenvalue weighted by Crippen LogP contribution is -2.05. The zero-order valence-corrected chi connectivity index (χ0v) is 27.0. The van der Waals surface area contributed by atoms with Gasteiger partial charge in [-0.1, -0.05) is 49.6 Å². The maximum Gasteiger partial charge on any atom is 0.339 e. The van der Waals surface area contributed by atoms with Crippen molar-refractivity contribution in [3.63, 3.8) is 0 Å². The van der Waals surface area contributed by atoms with Gasteiger partial charge >= 0.3 is 23.9 Å². The molecule has 3 aromatic rings. The van der Waals surface area contributed by atoms with Crippen LogP contribution in [0.2, 0.25) is 0 Å². The van der Waals surface area contributed by atoms with Gasteiger partial charge < -0.3 is 29.2 Å². The third-order valence-electron chi connectivity index (χ3n) is 7.39. The van der Waals surface area contributed by atoms with E-state index in [0.717, 1.165) is 74.6 Å². The fraction of sp³-hybridized carbons (Fsp3) is 0.316. The number of hydrogen-bond donors (Lipinski definition) is 2. The van der Waals surface area contributed by atoms with E-state index in [1.165, 1.54) is 0 Å². The average Bonchev–Trinajstić information content (AvgIpc) is 3.10. The lowest BCUT2D eigenvalue weighted by Gasteiger charge is -2.13. The van der Waals surface area contributed by atoms with Gasteiger partial charge in [-0.25, -0.2) is 19.2 Å². The second kappa shape index (κ2) is 20.0. The van der Waals surface area contributed by atoms with E-state index in [-0.39, 0.29) is 22.6 Å². The predicted octanol–water partition coefficient (Wildman–Crippen LogP) is 7.75. The van der Waals surface area contributed by atoms with Crippen LogP contribution in [0.3, 0.4) is 0 Å². The van der Waals surface area contributed by atoms with E-state index in [2.05, 4.69) is 13.2 Å². The van der Waals surface area contributed by atoms with Gasteiger partial charge in [-0.05, 0) is 97.9 Å². The fourth-order valence-electron chi connectivity index (χ4n) is 4.80. The first-order chi connectivity index (χ1) is 23.2. The summed E-state index contributed by atoms with van der Waals surface area (Å²) < 4.78 is 21.4. The smallest absolute Gasteiger partial charge is 0.339 e. The lowest BCUT2D eigenvalue weighted by atomic mass is 9.97. The van der Waals surface area contributed by atoms with Gasteiger partial charge in [-0.2, -0.15) is 0 Å². The molecule has 3 aromatic carbocycles. The number of unbranched alkanes of at least 4 members (excludes halogenated alkanes) is 6. The summed E-state index contributed by atoms with van der Waals surface area (Å²) in [5.41, 5.74) is 3.11. The van der Waals surface area contributed by atoms with Crippen molar-refractivity contribution in [2.45, 2.75) is 51.4 Å². The summed E-state index contributed by atoms with van der Waals surface area (Å²) in [4.78, 5) is 46.1. The number of esters is 2. The van der Waals surface area contributed by atoms with Gasteiger partial charge in [0, 0.05) is 12.2 Å². The lowest BCUT2D eigenvalue weighted by molar-refractivity contribution is -0.138. The second-order valence-electron chi connectivity index (χ2n) is 10.9. The fourth-order valence-corrected chi connectivity index (χ4v) is 4.80. The highest BCUT2D eigenvalue weighted by atomic mass is 16.5. The molecule has 0 atom stereocenters. The molecule has 0 amide bonds. The van der Waals surface area contributed by atoms with E-state index >= 15 is 0 Å². The molecule has 0 aliphatic rings. The zero-order chi connectivity index (χ0) is 34.7. The van der Waals surface area contributed by atoms with Gasteiger partial charge in [0.2, 0.25) is 0 Å². The molecular formula is C38H42O10. The Kier molecular flexibility index (Phi) is 15.4. The Morgan fingerprint density at radius 3 is 1.17 bits per heavy atom. The first kappa shape index (κ1) is 37.1. The molecule has 0 aromatic heterocycles. The van der Waals surface area contributed by atoms with Gasteiger partial charge in [-0.3, -0.25) is 0 Å². The number of carboxylic acid groups (broad SMARTS) is 2. The average molecular weight is 659 g/mol. The number of carboxylic acids is 2. The largest absolute Gasteiger partial charge is 0.493 e. The molecule has 0 unspecified atom stereocenters. The first-order valence-electron chi connectivity index (χ1n) is 15.9. The molecule has 0 radical (unpaired) electrons. The second-order valence-corrected chi connectivity index (χ2v) is 10.9. The number of ether oxygens (including phenoxy) is 4. The van der Waals surface area contributed by atoms with Gasteiger partial charge in [0.05, 0.1) is 26.4 Å². The molecular weight excluding hydrogens is 616 g/mol. The van der Waals surface area contributed by atoms with Crippen molar-refractivity contribution in [1.82, 2.24) is 0 Å². The Labute approximate surface area is 280 Å². The van der Waals surface area contributed by atoms with Crippen molar-refractivity contribution >= 4 is 23.9 Å². The first-order valence-corrected chi connectivity index (χ1v) is 15.9. The van der Waals surface area contributed by atoms with E-state index < -0.39 is 23.9 Å². The molecule has 0 heterocycles. The minimum absolute atomic E-state index is 0.0589. The monoisotopic (exact) mass is 658 g/mol. The Balaban J connectivity index is 1.55. The number of carbonyl (C=O) groups is 4. The van der Waals surface area contributed by atoms with Crippen molar-refractivity contribution in [3.05, 3.63) is 97.1 Å². The SMILES string of the molecule is C=CC(=O)OCCCCCCOc1ccc(-c2ccc(-c3ccc(OCCCCCCOC(=O)C=C)c(C(=O)O)c3)cc2)cc1C(=O)O. The van der Waals surface area contributed by atoms with E-state index in [9.17, 15) is 29.4 Å². The van der Waals surface area contributed by atoms with Crippen molar-refractivity contribution in [2.75, 3.05) is 26.4 Å². The maximum atomic E-state index is 12.0. The number of carbonyl (C=O) groups excluding carboxylic acids is 2. The summed E-state index contributed by atoms with van der Waals surface area (Å²) in [6, 6.07) is 17.5. The summed E-state index contributed by atoms with van der Waals surface area (Å²) in [5, 5.41) is 19.6. The summed E-state index contributed by atoms with van der Waals surface area (Å²) >= 11 is 0. The molecule has 48 heavy (non-hydrogen) atoms. The molecule has 0 spiro atoms. The topological polar surface area (TPSA) is 146 Å². The molecule has 0 saturated heterocycles. The third kappa shape index (κ3) is 12.1. The van der Waals surface area contributed by atoms with E-state index in [0.29, 0.717) is 37.6 Å². The van der Waals surface area contributed by atoms with Crippen LogP contribution in [0.5, 0.6) is 11.5 Å². The summed E-state index contributed by atoms with van der Waals surface area (Å²) in [5.74, 6) is -2.48. The Bertz CT molecular complexity index is 1440. The van der Waals surface area contributed by atoms with Crippen molar-refractivity contribution in [3.8, 4) is 33.8 Å². The minimum Gasteiger partial charge on any atom is -0.493 e. The highest BCUT2D eigenvalue weighted by molar-refractivity contribution is 5.94. The molecule has 10 heteroatoms. The number of benzene rings is 3. The van der Waals surface area contributed by atoms with Crippen LogP contribution in [-0.4, -0.2) is 60.5 Å². The van der Waals surface area contributed by atoms with Crippen LogP contribution in [0.1, 0.15) is 72.1 Å². The van der Waals surface area contributed by atoms with Crippen molar-refractivity contribution < 1.29 is 48.3 Å². The van der Waals surface area contributed by atoms with Crippen LogP contribution in [0.4, 0.5) is 0 Å². The molecule has 10 nitrogen and oxygen atoms in total. The Morgan fingerprint density at radius 1 is 0.500 bits per heavy atom. The van der Waals surface area contributed by atoms with Crippen LogP contribution >= 0.6 is 0 Å². The normalized spacial score (nSPS) is 10.5. The quantitative estimate of drug-likeness (QED) is 0.0624. The molecule has 254 valence electrons. The van der Waals surface area contributed by atoms with Crippen molar-refractivity contribution in [1.29, 1.82) is 0 Å². The number of hydrogen-bond acceptors (Lipinski definition) is 8. The molecule has 0 fully saturated rings. The maximum absolute atomic E-state index is 12.0. The standard InChI is InChI=1S/C38H42O10/c1-3-35(39)47-23-11-7-5-9-21-45-33-19-17-29(25-31(33)37(41)42)27-13-15-28(16-14-27)30-18-20-34(32(26-30)38(43)44)46-22-10-6-8-12-24-48-36(40)4-2/h3-4,13-20,25-26H,1-2,5-12,21-24H2,(H,41,42)(H,43,44). The molecule has 0 aliphatic carbocycles. The molecule has 0 aliphatic heterocycles. The van der Waals surface area contributed by atoms with E-state index in [1.54, 1.807) is 36.4 Å². The third-order valence-corrected chi connectivity index (χ3v) is 7.39. The van der Waals surface area contributed by atoms with Gasteiger partial charge in [-0.15, -0.1) is 0 Å². The van der Waals surface area contributed by atoms with Crippen LogP contribution in [-0.2, 0) is 19.1 Å². The summed E-state index contributed by atoms with van der Waals surface area (Å²) in [6.07, 6.45) is 8.58. The molecule has 0 saturated carbocycles. The highest BCUT2D eigenvalue weighted by Gasteiger charge is 2.15. The predicted molar refractivity (Wildman–Crippen MR) is 181 cm³/mol. The van der Waals surface area contributed by atoms with Crippen LogP contribution in [0.25, 0.3) is 22.3 Å². The van der Waals surface area contributed by atoms with Crippen LogP contribution in [0.15, 0.2) is 86.0 Å². The zero-order valence-electron chi connectivity index (χ0n) is 27.0. The number of rotatable bonds is 22. The van der Waals surface area contributed by atoms with Crippen molar-refractivity contribution in [2.24, 2.45) is 0 Å². The number of aromatic carboxylic acids is 2. The molecule has 3 rings (SSSR count). The molecule has 0 bridgehead atoms. The summed E-state index contributed by atoms with van der Waals surface area (Å²) in [7, 11) is 0. The Hall–Kier alpha value is -5.38. The van der Waals surface area contributed by atoms with Gasteiger partial charge in [0.25, 0.3) is 0 Å². The molecule has 2 N–H and O–H groups in total. The van der Waals surface area contributed by atoms with E-state index in [4.69, 9.17) is 18.9 Å². The van der Waals surface area contributed by atoms with Gasteiger partial charge in [0.15, 0.2) is 0 Å². The summed E-state index contributed by atoms with van der Waals surface area (Å²) in [6.45, 7) is 8.10. The Morgan fingerprint density at radius 2 is 0.833 bits per heavy atom.